The van der Waals surface area contributed by atoms with Crippen molar-refractivity contribution in [2.24, 2.45) is 5.41 Å². The van der Waals surface area contributed by atoms with Gasteiger partial charge in [0.1, 0.15) is 18.1 Å². The molecule has 0 N–H and O–H groups in total. The van der Waals surface area contributed by atoms with Gasteiger partial charge >= 0.3 is 0 Å². The highest BCUT2D eigenvalue weighted by Gasteiger charge is 2.64. The summed E-state index contributed by atoms with van der Waals surface area (Å²) in [6.07, 6.45) is 7.52. The van der Waals surface area contributed by atoms with Gasteiger partial charge in [0, 0.05) is 42.7 Å². The van der Waals surface area contributed by atoms with Gasteiger partial charge in [0.2, 0.25) is 5.91 Å². The second-order valence-electron chi connectivity index (χ2n) is 10.7. The quantitative estimate of drug-likeness (QED) is 0.435. The monoisotopic (exact) mass is 487 g/mol. The molecule has 5 rings (SSSR count). The number of Topliss-reactive ketones (excluding diaryl/α,β-unsaturated/α-hetero) is 2. The van der Waals surface area contributed by atoms with Crippen LogP contribution in [-0.2, 0) is 16.1 Å². The standard InChI is InChI=1S/C28H33N5O3/c1-6-7-8-23(35)22-11-28(5)12-24(28)33(22)25(36)15-32-27-16(2)9-19(20-13-29-18(4)30-14-20)10-21(27)26(31-32)17(3)34/h9-10,13-14,22,24H,6-8,11-12,15H2,1-5H3/t22-,24+,28-/m0/s1. The molecular formula is C28H33N5O3. The smallest absolute Gasteiger partial charge is 0.245 e. The lowest BCUT2D eigenvalue weighted by Crippen LogP contribution is -2.44. The Balaban J connectivity index is 1.49. The van der Waals surface area contributed by atoms with Gasteiger partial charge in [-0.25, -0.2) is 9.97 Å². The molecule has 1 aliphatic heterocycles. The van der Waals surface area contributed by atoms with E-state index in [1.807, 2.05) is 30.9 Å². The van der Waals surface area contributed by atoms with E-state index in [1.54, 1.807) is 17.1 Å². The molecule has 2 aliphatic rings. The Morgan fingerprint density at radius 2 is 1.81 bits per heavy atom. The number of hydrogen-bond donors (Lipinski definition) is 0. The average Bonchev–Trinajstić information content (AvgIpc) is 3.19. The summed E-state index contributed by atoms with van der Waals surface area (Å²) in [4.78, 5) is 49.5. The molecule has 1 aromatic carbocycles. The second kappa shape index (κ2) is 8.91. The van der Waals surface area contributed by atoms with Crippen LogP contribution in [0.3, 0.4) is 0 Å². The van der Waals surface area contributed by atoms with Gasteiger partial charge < -0.3 is 4.90 Å². The summed E-state index contributed by atoms with van der Waals surface area (Å²) in [5.74, 6) is 0.583. The largest absolute Gasteiger partial charge is 0.327 e. The van der Waals surface area contributed by atoms with E-state index < -0.39 is 0 Å². The van der Waals surface area contributed by atoms with Gasteiger partial charge in [-0.15, -0.1) is 0 Å². The molecule has 1 amide bonds. The van der Waals surface area contributed by atoms with E-state index in [2.05, 4.69) is 28.9 Å². The molecule has 188 valence electrons. The molecule has 0 radical (unpaired) electrons. The molecule has 2 fully saturated rings. The number of aromatic nitrogens is 4. The lowest BCUT2D eigenvalue weighted by molar-refractivity contribution is -0.139. The van der Waals surface area contributed by atoms with Crippen LogP contribution in [0.25, 0.3) is 22.0 Å². The maximum atomic E-state index is 13.6. The minimum absolute atomic E-state index is 0.00173. The van der Waals surface area contributed by atoms with Gasteiger partial charge in [-0.2, -0.15) is 5.10 Å². The van der Waals surface area contributed by atoms with E-state index in [0.29, 0.717) is 23.3 Å². The van der Waals surface area contributed by atoms with Gasteiger partial charge in [-0.1, -0.05) is 20.3 Å². The molecule has 1 saturated heterocycles. The number of unbranched alkanes of at least 4 members (excludes halogenated alkanes) is 1. The van der Waals surface area contributed by atoms with Crippen LogP contribution >= 0.6 is 0 Å². The third-order valence-electron chi connectivity index (χ3n) is 7.84. The molecule has 0 bridgehead atoms. The number of nitrogens with zero attached hydrogens (tertiary/aromatic N) is 5. The minimum atomic E-state index is -0.351. The summed E-state index contributed by atoms with van der Waals surface area (Å²) < 4.78 is 1.64. The fourth-order valence-corrected chi connectivity index (χ4v) is 5.75. The number of hydrogen-bond acceptors (Lipinski definition) is 6. The zero-order valence-electron chi connectivity index (χ0n) is 21.7. The van der Waals surface area contributed by atoms with Crippen molar-refractivity contribution in [3.8, 4) is 11.1 Å². The number of rotatable bonds is 8. The molecule has 36 heavy (non-hydrogen) atoms. The molecule has 1 saturated carbocycles. The number of carbonyl (C=O) groups excluding carboxylic acids is 3. The van der Waals surface area contributed by atoms with Crippen molar-refractivity contribution in [3.63, 3.8) is 0 Å². The van der Waals surface area contributed by atoms with E-state index in [-0.39, 0.29) is 41.5 Å². The van der Waals surface area contributed by atoms with Crippen LogP contribution in [0.2, 0.25) is 0 Å². The topological polar surface area (TPSA) is 98.1 Å². The molecule has 2 aromatic heterocycles. The molecule has 3 aromatic rings. The van der Waals surface area contributed by atoms with Crippen molar-refractivity contribution in [2.45, 2.75) is 85.4 Å². The number of fused-ring (bicyclic) bond motifs is 2. The first-order valence-electron chi connectivity index (χ1n) is 12.8. The Bertz CT molecular complexity index is 1380. The van der Waals surface area contributed by atoms with Crippen LogP contribution in [0.4, 0.5) is 0 Å². The first-order chi connectivity index (χ1) is 17.1. The van der Waals surface area contributed by atoms with Crippen molar-refractivity contribution >= 4 is 28.4 Å². The first kappa shape index (κ1) is 24.3. The molecule has 8 heteroatoms. The highest BCUT2D eigenvalue weighted by Crippen LogP contribution is 2.59. The van der Waals surface area contributed by atoms with Crippen molar-refractivity contribution in [1.29, 1.82) is 0 Å². The number of aryl methyl sites for hydroxylation is 2. The summed E-state index contributed by atoms with van der Waals surface area (Å²) in [7, 11) is 0. The lowest BCUT2D eigenvalue weighted by Gasteiger charge is -2.27. The van der Waals surface area contributed by atoms with Crippen LogP contribution in [0.5, 0.6) is 0 Å². The van der Waals surface area contributed by atoms with Crippen molar-refractivity contribution in [3.05, 3.63) is 41.6 Å². The Kier molecular flexibility index (Phi) is 6.01. The van der Waals surface area contributed by atoms with Crippen LogP contribution in [-0.4, -0.2) is 54.2 Å². The summed E-state index contributed by atoms with van der Waals surface area (Å²) in [5, 5.41) is 5.30. The summed E-state index contributed by atoms with van der Waals surface area (Å²) in [6.45, 7) is 9.52. The van der Waals surface area contributed by atoms with Crippen molar-refractivity contribution in [1.82, 2.24) is 24.6 Å². The SMILES string of the molecule is CCCCC(=O)[C@@H]1C[C@@]2(C)C[C@H]2N1C(=O)Cn1nc(C(C)=O)c2cc(-c3cnc(C)nc3)cc(C)c21. The minimum Gasteiger partial charge on any atom is -0.327 e. The van der Waals surface area contributed by atoms with Gasteiger partial charge in [-0.05, 0) is 61.8 Å². The lowest BCUT2D eigenvalue weighted by atomic mass is 9.97. The van der Waals surface area contributed by atoms with Gasteiger partial charge in [0.05, 0.1) is 11.6 Å². The molecule has 8 nitrogen and oxygen atoms in total. The summed E-state index contributed by atoms with van der Waals surface area (Å²) in [6, 6.07) is 3.69. The fourth-order valence-electron chi connectivity index (χ4n) is 5.75. The van der Waals surface area contributed by atoms with E-state index in [1.165, 1.54) is 6.92 Å². The number of carbonyl (C=O) groups is 3. The molecular weight excluding hydrogens is 454 g/mol. The highest BCUT2D eigenvalue weighted by atomic mass is 16.2. The Morgan fingerprint density at radius 3 is 2.47 bits per heavy atom. The third kappa shape index (κ3) is 4.12. The predicted octanol–water partition coefficient (Wildman–Crippen LogP) is 4.45. The number of ketones is 2. The highest BCUT2D eigenvalue weighted by molar-refractivity contribution is 6.07. The number of piperidine rings is 1. The van der Waals surface area contributed by atoms with Crippen LogP contribution in [0, 0.1) is 19.3 Å². The Hall–Kier alpha value is -3.42. The zero-order valence-corrected chi connectivity index (χ0v) is 21.7. The predicted molar refractivity (Wildman–Crippen MR) is 137 cm³/mol. The van der Waals surface area contributed by atoms with Gasteiger partial charge in [0.15, 0.2) is 11.6 Å². The molecule has 1 aliphatic carbocycles. The second-order valence-corrected chi connectivity index (χ2v) is 10.7. The average molecular weight is 488 g/mol. The maximum Gasteiger partial charge on any atom is 0.245 e. The number of likely N-dealkylation sites (tertiary alicyclic amines) is 1. The van der Waals surface area contributed by atoms with E-state index >= 15 is 0 Å². The van der Waals surface area contributed by atoms with Gasteiger partial charge in [0.25, 0.3) is 0 Å². The maximum absolute atomic E-state index is 13.6. The Labute approximate surface area is 211 Å². The van der Waals surface area contributed by atoms with E-state index in [0.717, 1.165) is 47.9 Å². The molecule has 3 atom stereocenters. The summed E-state index contributed by atoms with van der Waals surface area (Å²) in [5.41, 5.74) is 3.79. The van der Waals surface area contributed by atoms with Crippen LogP contribution in [0.1, 0.15) is 74.8 Å². The number of benzene rings is 1. The molecule has 0 unspecified atom stereocenters. The zero-order chi connectivity index (χ0) is 25.8. The van der Waals surface area contributed by atoms with Crippen molar-refractivity contribution < 1.29 is 14.4 Å². The van der Waals surface area contributed by atoms with Crippen molar-refractivity contribution in [2.75, 3.05) is 0 Å². The molecule has 3 heterocycles. The first-order valence-corrected chi connectivity index (χ1v) is 12.8. The van der Waals surface area contributed by atoms with E-state index in [9.17, 15) is 14.4 Å². The van der Waals surface area contributed by atoms with Crippen LogP contribution < -0.4 is 0 Å². The fraction of sp³-hybridized carbons (Fsp3) is 0.500. The Morgan fingerprint density at radius 1 is 1.08 bits per heavy atom. The van der Waals surface area contributed by atoms with Gasteiger partial charge in [-0.3, -0.25) is 19.1 Å². The normalized spacial score (nSPS) is 22.6. The molecule has 0 spiro atoms. The number of amides is 1. The van der Waals surface area contributed by atoms with Crippen LogP contribution in [0.15, 0.2) is 24.5 Å². The van der Waals surface area contributed by atoms with E-state index in [4.69, 9.17) is 0 Å². The summed E-state index contributed by atoms with van der Waals surface area (Å²) >= 11 is 0. The third-order valence-corrected chi connectivity index (χ3v) is 7.84.